The molecule has 100 valence electrons. The monoisotopic (exact) mass is 275 g/mol. The first-order valence-corrected chi connectivity index (χ1v) is 6.84. The molecule has 5 nitrogen and oxygen atoms in total. The molecule has 2 heterocycles. The predicted octanol–water partition coefficient (Wildman–Crippen LogP) is 2.31. The van der Waals surface area contributed by atoms with Gasteiger partial charge < -0.3 is 5.32 Å². The summed E-state index contributed by atoms with van der Waals surface area (Å²) in [5.41, 5.74) is 1.16. The van der Waals surface area contributed by atoms with Crippen LogP contribution in [0.5, 0.6) is 0 Å². The van der Waals surface area contributed by atoms with Crippen LogP contribution in [-0.2, 0) is 6.54 Å². The van der Waals surface area contributed by atoms with Crippen molar-refractivity contribution in [1.29, 1.82) is 0 Å². The second kappa shape index (κ2) is 6.08. The van der Waals surface area contributed by atoms with Gasteiger partial charge in [-0.3, -0.25) is 0 Å². The molecule has 0 aliphatic carbocycles. The summed E-state index contributed by atoms with van der Waals surface area (Å²) in [6.07, 6.45) is 6.91. The minimum atomic E-state index is 0.0916. The third kappa shape index (κ3) is 4.92. The van der Waals surface area contributed by atoms with Crippen LogP contribution >= 0.6 is 11.8 Å². The van der Waals surface area contributed by atoms with E-state index in [1.54, 1.807) is 6.20 Å². The van der Waals surface area contributed by atoms with E-state index in [4.69, 9.17) is 0 Å². The highest BCUT2D eigenvalue weighted by atomic mass is 32.2. The van der Waals surface area contributed by atoms with E-state index in [0.717, 1.165) is 17.1 Å². The molecule has 0 unspecified atom stereocenters. The van der Waals surface area contributed by atoms with Gasteiger partial charge in [0.15, 0.2) is 5.16 Å². The van der Waals surface area contributed by atoms with Gasteiger partial charge in [0.1, 0.15) is 11.4 Å². The van der Waals surface area contributed by atoms with E-state index in [1.165, 1.54) is 18.1 Å². The van der Waals surface area contributed by atoms with Crippen molar-refractivity contribution in [2.75, 3.05) is 0 Å². The first-order valence-electron chi connectivity index (χ1n) is 6.03. The number of hydrogen-bond donors (Lipinski definition) is 1. The summed E-state index contributed by atoms with van der Waals surface area (Å²) < 4.78 is 0. The Morgan fingerprint density at radius 3 is 2.47 bits per heavy atom. The van der Waals surface area contributed by atoms with Crippen LogP contribution < -0.4 is 5.32 Å². The normalized spacial score (nSPS) is 11.5. The summed E-state index contributed by atoms with van der Waals surface area (Å²) in [5.74, 6) is 0. The lowest BCUT2D eigenvalue weighted by atomic mass is 10.1. The van der Waals surface area contributed by atoms with Crippen molar-refractivity contribution < 1.29 is 0 Å². The number of rotatable bonds is 4. The predicted molar refractivity (Wildman–Crippen MR) is 74.8 cm³/mol. The third-order valence-corrected chi connectivity index (χ3v) is 3.10. The lowest BCUT2D eigenvalue weighted by Crippen LogP contribution is -2.35. The summed E-state index contributed by atoms with van der Waals surface area (Å²) in [5, 5.41) is 4.94. The molecule has 0 fully saturated rings. The Labute approximate surface area is 117 Å². The average molecular weight is 275 g/mol. The summed E-state index contributed by atoms with van der Waals surface area (Å²) in [6.45, 7) is 7.16. The lowest BCUT2D eigenvalue weighted by Gasteiger charge is -2.20. The van der Waals surface area contributed by atoms with Crippen molar-refractivity contribution in [3.05, 3.63) is 36.5 Å². The zero-order valence-corrected chi connectivity index (χ0v) is 12.1. The maximum Gasteiger partial charge on any atom is 0.193 e. The van der Waals surface area contributed by atoms with Gasteiger partial charge in [0.2, 0.25) is 0 Å². The van der Waals surface area contributed by atoms with Crippen LogP contribution in [0.15, 0.2) is 41.2 Å². The molecular weight excluding hydrogens is 258 g/mol. The Bertz CT molecular complexity index is 507. The molecule has 2 rings (SSSR count). The highest BCUT2D eigenvalue weighted by Crippen LogP contribution is 2.20. The quantitative estimate of drug-likeness (QED) is 0.682. The molecule has 19 heavy (non-hydrogen) atoms. The summed E-state index contributed by atoms with van der Waals surface area (Å²) in [7, 11) is 0. The first kappa shape index (κ1) is 13.9. The van der Waals surface area contributed by atoms with Crippen LogP contribution in [0.4, 0.5) is 0 Å². The van der Waals surface area contributed by atoms with Crippen molar-refractivity contribution in [1.82, 2.24) is 25.3 Å². The Kier molecular flexibility index (Phi) is 4.44. The molecule has 0 aliphatic heterocycles. The van der Waals surface area contributed by atoms with Crippen LogP contribution in [0.1, 0.15) is 26.3 Å². The van der Waals surface area contributed by atoms with Crippen molar-refractivity contribution in [2.45, 2.75) is 43.0 Å². The fourth-order valence-corrected chi connectivity index (χ4v) is 1.91. The Hall–Kier alpha value is -1.53. The number of aromatic nitrogens is 4. The third-order valence-electron chi connectivity index (χ3n) is 2.26. The van der Waals surface area contributed by atoms with Crippen molar-refractivity contribution in [3.8, 4) is 0 Å². The fraction of sp³-hybridized carbons (Fsp3) is 0.385. The van der Waals surface area contributed by atoms with Gasteiger partial charge in [0.25, 0.3) is 0 Å². The molecule has 2 aromatic rings. The van der Waals surface area contributed by atoms with Crippen molar-refractivity contribution in [2.24, 2.45) is 0 Å². The molecule has 0 saturated heterocycles. The highest BCUT2D eigenvalue weighted by molar-refractivity contribution is 7.99. The van der Waals surface area contributed by atoms with E-state index in [1.807, 2.05) is 18.5 Å². The van der Waals surface area contributed by atoms with Crippen LogP contribution in [0.3, 0.4) is 0 Å². The Morgan fingerprint density at radius 1 is 1.16 bits per heavy atom. The minimum absolute atomic E-state index is 0.0916. The van der Waals surface area contributed by atoms with Crippen molar-refractivity contribution >= 4 is 11.8 Å². The summed E-state index contributed by atoms with van der Waals surface area (Å²) >= 11 is 1.43. The molecule has 0 saturated carbocycles. The van der Waals surface area contributed by atoms with Gasteiger partial charge >= 0.3 is 0 Å². The first-order chi connectivity index (χ1) is 9.03. The molecular formula is C13H17N5S. The van der Waals surface area contributed by atoms with E-state index in [0.29, 0.717) is 5.16 Å². The maximum absolute atomic E-state index is 4.33. The average Bonchev–Trinajstić information content (AvgIpc) is 2.38. The van der Waals surface area contributed by atoms with E-state index >= 15 is 0 Å². The van der Waals surface area contributed by atoms with Gasteiger partial charge in [0, 0.05) is 36.2 Å². The standard InChI is InChI=1S/C13H17N5S/c1-13(2,3)18-8-10-6-15-12(16-7-10)19-11-4-5-14-9-17-11/h4-7,9,18H,8H2,1-3H3. The summed E-state index contributed by atoms with van der Waals surface area (Å²) in [4.78, 5) is 16.7. The van der Waals surface area contributed by atoms with Gasteiger partial charge in [-0.15, -0.1) is 0 Å². The molecule has 0 atom stereocenters. The van der Waals surface area contributed by atoms with E-state index in [2.05, 4.69) is 46.0 Å². The van der Waals surface area contributed by atoms with Gasteiger partial charge in [-0.25, -0.2) is 19.9 Å². The van der Waals surface area contributed by atoms with Crippen LogP contribution in [0.25, 0.3) is 0 Å². The minimum Gasteiger partial charge on any atom is -0.308 e. The van der Waals surface area contributed by atoms with E-state index < -0.39 is 0 Å². The van der Waals surface area contributed by atoms with Gasteiger partial charge in [-0.2, -0.15) is 0 Å². The van der Waals surface area contributed by atoms with Gasteiger partial charge in [-0.1, -0.05) is 0 Å². The SMILES string of the molecule is CC(C)(C)NCc1cnc(Sc2ccncn2)nc1. The fourth-order valence-electron chi connectivity index (χ4n) is 1.29. The molecule has 0 aromatic carbocycles. The number of hydrogen-bond acceptors (Lipinski definition) is 6. The maximum atomic E-state index is 4.33. The largest absolute Gasteiger partial charge is 0.308 e. The van der Waals surface area contributed by atoms with Gasteiger partial charge in [-0.05, 0) is 38.6 Å². The lowest BCUT2D eigenvalue weighted by molar-refractivity contribution is 0.423. The van der Waals surface area contributed by atoms with Crippen molar-refractivity contribution in [3.63, 3.8) is 0 Å². The molecule has 6 heteroatoms. The topological polar surface area (TPSA) is 63.6 Å². The zero-order valence-electron chi connectivity index (χ0n) is 11.3. The van der Waals surface area contributed by atoms with Crippen LogP contribution in [-0.4, -0.2) is 25.5 Å². The second-order valence-electron chi connectivity index (χ2n) is 5.13. The Balaban J connectivity index is 1.95. The molecule has 1 N–H and O–H groups in total. The van der Waals surface area contributed by atoms with Crippen LogP contribution in [0, 0.1) is 0 Å². The molecule has 0 spiro atoms. The molecule has 2 aromatic heterocycles. The summed E-state index contributed by atoms with van der Waals surface area (Å²) in [6, 6.07) is 1.84. The van der Waals surface area contributed by atoms with E-state index in [9.17, 15) is 0 Å². The van der Waals surface area contributed by atoms with Crippen LogP contribution in [0.2, 0.25) is 0 Å². The highest BCUT2D eigenvalue weighted by Gasteiger charge is 2.09. The number of nitrogens with zero attached hydrogens (tertiary/aromatic N) is 4. The second-order valence-corrected chi connectivity index (χ2v) is 6.11. The molecule has 0 aliphatic rings. The molecule has 0 amide bonds. The zero-order chi connectivity index (χ0) is 13.7. The molecule has 0 bridgehead atoms. The smallest absolute Gasteiger partial charge is 0.193 e. The molecule has 0 radical (unpaired) electrons. The number of nitrogens with one attached hydrogen (secondary N) is 1. The van der Waals surface area contributed by atoms with E-state index in [-0.39, 0.29) is 5.54 Å². The Morgan fingerprint density at radius 2 is 1.89 bits per heavy atom. The van der Waals surface area contributed by atoms with Gasteiger partial charge in [0.05, 0.1) is 0 Å².